The largest absolute Gasteiger partial charge is 0.748 e. The maximum atomic E-state index is 10.8. The summed E-state index contributed by atoms with van der Waals surface area (Å²) in [7, 11) is -4.15. The van der Waals surface area contributed by atoms with Crippen molar-refractivity contribution in [2.75, 3.05) is 12.4 Å². The first-order valence-corrected chi connectivity index (χ1v) is 5.67. The van der Waals surface area contributed by atoms with E-state index in [1.54, 1.807) is 0 Å². The fourth-order valence-electron chi connectivity index (χ4n) is 0.669. The Balaban J connectivity index is 3.49. The molecule has 82 valence electrons. The molecule has 6 heteroatoms. The van der Waals surface area contributed by atoms with Gasteiger partial charge >= 0.3 is 5.97 Å². The minimum Gasteiger partial charge on any atom is -0.748 e. The summed E-state index contributed by atoms with van der Waals surface area (Å²) < 4.78 is 35.2. The van der Waals surface area contributed by atoms with E-state index in [2.05, 4.69) is 11.3 Å². The zero-order chi connectivity index (χ0) is 11.2. The lowest BCUT2D eigenvalue weighted by atomic mass is 10.3. The van der Waals surface area contributed by atoms with Gasteiger partial charge in [0.05, 0.1) is 16.7 Å². The van der Waals surface area contributed by atoms with E-state index in [0.717, 1.165) is 0 Å². The Kier molecular flexibility index (Phi) is 5.40. The molecule has 0 aromatic carbocycles. The van der Waals surface area contributed by atoms with E-state index in [9.17, 15) is 17.8 Å². The molecule has 0 heterocycles. The molecule has 0 rings (SSSR count). The van der Waals surface area contributed by atoms with Crippen molar-refractivity contribution in [1.82, 2.24) is 0 Å². The molecule has 0 radical (unpaired) electrons. The molecule has 0 amide bonds. The summed E-state index contributed by atoms with van der Waals surface area (Å²) in [4.78, 5) is 10.8. The zero-order valence-corrected chi connectivity index (χ0v) is 8.80. The van der Waals surface area contributed by atoms with Gasteiger partial charge in [-0.15, -0.1) is 0 Å². The first kappa shape index (κ1) is 13.1. The first-order chi connectivity index (χ1) is 6.33. The smallest absolute Gasteiger partial charge is 0.333 e. The van der Waals surface area contributed by atoms with Gasteiger partial charge in [0.15, 0.2) is 0 Å². The maximum absolute atomic E-state index is 10.8. The van der Waals surface area contributed by atoms with Crippen molar-refractivity contribution >= 4 is 16.1 Å². The predicted molar refractivity (Wildman–Crippen MR) is 49.6 cm³/mol. The van der Waals surface area contributed by atoms with Gasteiger partial charge in [-0.05, 0) is 19.8 Å². The van der Waals surface area contributed by atoms with Crippen LogP contribution in [0.25, 0.3) is 0 Å². The van der Waals surface area contributed by atoms with Crippen molar-refractivity contribution in [3.05, 3.63) is 12.2 Å². The zero-order valence-electron chi connectivity index (χ0n) is 7.99. The lowest BCUT2D eigenvalue weighted by Gasteiger charge is -2.06. The number of unbranched alkanes of at least 4 members (excludes halogenated alkanes) is 1. The molecule has 0 N–H and O–H groups in total. The summed E-state index contributed by atoms with van der Waals surface area (Å²) in [5, 5.41) is 0. The molecule has 0 fully saturated rings. The van der Waals surface area contributed by atoms with Crippen LogP contribution < -0.4 is 0 Å². The normalized spacial score (nSPS) is 11.0. The highest BCUT2D eigenvalue weighted by molar-refractivity contribution is 7.85. The van der Waals surface area contributed by atoms with Crippen LogP contribution in [0.1, 0.15) is 19.8 Å². The number of carbonyl (C=O) groups is 1. The van der Waals surface area contributed by atoms with Gasteiger partial charge in [-0.2, -0.15) is 0 Å². The van der Waals surface area contributed by atoms with Gasteiger partial charge < -0.3 is 9.29 Å². The fourth-order valence-corrected chi connectivity index (χ4v) is 1.23. The first-order valence-electron chi connectivity index (χ1n) is 4.09. The highest BCUT2D eigenvalue weighted by Gasteiger charge is 2.02. The van der Waals surface area contributed by atoms with Crippen molar-refractivity contribution in [2.45, 2.75) is 19.8 Å². The Morgan fingerprint density at radius 2 is 2.00 bits per heavy atom. The van der Waals surface area contributed by atoms with Gasteiger partial charge in [-0.25, -0.2) is 13.2 Å². The van der Waals surface area contributed by atoms with E-state index in [1.807, 2.05) is 0 Å². The molecule has 0 aliphatic carbocycles. The van der Waals surface area contributed by atoms with Crippen LogP contribution in [0.3, 0.4) is 0 Å². The number of hydrogen-bond donors (Lipinski definition) is 0. The molecular weight excluding hydrogens is 208 g/mol. The van der Waals surface area contributed by atoms with Gasteiger partial charge in [0.1, 0.15) is 0 Å². The van der Waals surface area contributed by atoms with Gasteiger partial charge in [0.25, 0.3) is 0 Å². The summed E-state index contributed by atoms with van der Waals surface area (Å²) in [6.45, 7) is 5.00. The minimum atomic E-state index is -4.15. The topological polar surface area (TPSA) is 83.5 Å². The molecule has 5 nitrogen and oxygen atoms in total. The summed E-state index contributed by atoms with van der Waals surface area (Å²) in [5.41, 5.74) is 0.293. The fraction of sp³-hybridized carbons (Fsp3) is 0.625. The number of esters is 1. The summed E-state index contributed by atoms with van der Waals surface area (Å²) in [6.07, 6.45) is 0.565. The molecule has 0 bridgehead atoms. The van der Waals surface area contributed by atoms with Crippen LogP contribution in [-0.2, 0) is 19.6 Å². The van der Waals surface area contributed by atoms with Crippen LogP contribution in [0.4, 0.5) is 0 Å². The van der Waals surface area contributed by atoms with Crippen molar-refractivity contribution in [2.24, 2.45) is 0 Å². The summed E-state index contributed by atoms with van der Waals surface area (Å²) in [6, 6.07) is 0. The molecule has 0 aromatic rings. The molecule has 14 heavy (non-hydrogen) atoms. The van der Waals surface area contributed by atoms with Crippen LogP contribution in [0, 0.1) is 0 Å². The lowest BCUT2D eigenvalue weighted by molar-refractivity contribution is -0.139. The van der Waals surface area contributed by atoms with Gasteiger partial charge in [0.2, 0.25) is 0 Å². The van der Waals surface area contributed by atoms with Crippen LogP contribution in [0.2, 0.25) is 0 Å². The van der Waals surface area contributed by atoms with Gasteiger partial charge in [0, 0.05) is 11.3 Å². The molecule has 0 unspecified atom stereocenters. The number of carbonyl (C=O) groups excluding carboxylic acids is 1. The summed E-state index contributed by atoms with van der Waals surface area (Å²) in [5.74, 6) is -0.924. The molecule has 0 atom stereocenters. The lowest BCUT2D eigenvalue weighted by Crippen LogP contribution is -2.09. The Hall–Kier alpha value is -0.880. The van der Waals surface area contributed by atoms with Crippen molar-refractivity contribution in [1.29, 1.82) is 0 Å². The third-order valence-corrected chi connectivity index (χ3v) is 2.16. The average molecular weight is 221 g/mol. The standard InChI is InChI=1S/C8H14O5S/c1-7(2)8(9)13-5-3-4-6-14(10,11)12/h1,3-6H2,2H3,(H,10,11,12)/p-1. The Bertz CT molecular complexity index is 304. The van der Waals surface area contributed by atoms with Crippen LogP contribution >= 0.6 is 0 Å². The minimum absolute atomic E-state index is 0.112. The quantitative estimate of drug-likeness (QED) is 0.281. The second-order valence-corrected chi connectivity index (χ2v) is 4.41. The molecule has 0 spiro atoms. The van der Waals surface area contributed by atoms with E-state index >= 15 is 0 Å². The number of rotatable bonds is 6. The van der Waals surface area contributed by atoms with E-state index in [0.29, 0.717) is 12.0 Å². The molecule has 0 aliphatic rings. The van der Waals surface area contributed by atoms with Gasteiger partial charge in [-0.3, -0.25) is 0 Å². The average Bonchev–Trinajstić information content (AvgIpc) is 2.01. The monoisotopic (exact) mass is 221 g/mol. The van der Waals surface area contributed by atoms with Crippen molar-refractivity contribution < 1.29 is 22.5 Å². The second kappa shape index (κ2) is 5.77. The highest BCUT2D eigenvalue weighted by atomic mass is 32.2. The number of ether oxygens (including phenoxy) is 1. The van der Waals surface area contributed by atoms with Gasteiger partial charge in [-0.1, -0.05) is 6.58 Å². The van der Waals surface area contributed by atoms with E-state index < -0.39 is 21.8 Å². The third-order valence-electron chi connectivity index (χ3n) is 1.37. The van der Waals surface area contributed by atoms with E-state index in [4.69, 9.17) is 0 Å². The highest BCUT2D eigenvalue weighted by Crippen LogP contribution is 1.97. The van der Waals surface area contributed by atoms with E-state index in [-0.39, 0.29) is 13.0 Å². The molecule has 0 aliphatic heterocycles. The Labute approximate surface area is 83.5 Å². The van der Waals surface area contributed by atoms with E-state index in [1.165, 1.54) is 6.92 Å². The Morgan fingerprint density at radius 1 is 1.43 bits per heavy atom. The predicted octanol–water partition coefficient (Wildman–Crippen LogP) is 0.431. The molecular formula is C8H13O5S-. The SMILES string of the molecule is C=C(C)C(=O)OCCCCS(=O)(=O)[O-]. The van der Waals surface area contributed by atoms with Crippen LogP contribution in [-0.4, -0.2) is 31.3 Å². The summed E-state index contributed by atoms with van der Waals surface area (Å²) >= 11 is 0. The van der Waals surface area contributed by atoms with Crippen LogP contribution in [0.15, 0.2) is 12.2 Å². The van der Waals surface area contributed by atoms with Crippen LogP contribution in [0.5, 0.6) is 0 Å². The van der Waals surface area contributed by atoms with Crippen molar-refractivity contribution in [3.8, 4) is 0 Å². The third kappa shape index (κ3) is 7.75. The second-order valence-electron chi connectivity index (χ2n) is 2.89. The molecule has 0 aromatic heterocycles. The maximum Gasteiger partial charge on any atom is 0.333 e. The number of hydrogen-bond acceptors (Lipinski definition) is 5. The molecule has 0 saturated heterocycles. The van der Waals surface area contributed by atoms with Crippen molar-refractivity contribution in [3.63, 3.8) is 0 Å². The molecule has 0 saturated carbocycles. The Morgan fingerprint density at radius 3 is 2.43 bits per heavy atom.